The summed E-state index contributed by atoms with van der Waals surface area (Å²) in [5.74, 6) is 0.233. The lowest BCUT2D eigenvalue weighted by atomic mass is 10.0. The number of benzene rings is 1. The number of nitrogens with one attached hydrogen (secondary N) is 2. The molecule has 0 aliphatic carbocycles. The Kier molecular flexibility index (Phi) is 5.09. The molecule has 4 N–H and O–H groups in total. The zero-order valence-electron chi connectivity index (χ0n) is 11.5. The summed E-state index contributed by atoms with van der Waals surface area (Å²) in [4.78, 5) is 12.2. The molecule has 1 atom stereocenters. The molecule has 1 amide bonds. The van der Waals surface area contributed by atoms with Crippen molar-refractivity contribution >= 4 is 23.2 Å². The van der Waals surface area contributed by atoms with Crippen LogP contribution in [0, 0.1) is 0 Å². The molecule has 0 bridgehead atoms. The molecule has 0 spiro atoms. The summed E-state index contributed by atoms with van der Waals surface area (Å²) >= 11 is 5.96. The van der Waals surface area contributed by atoms with Crippen LogP contribution in [0.2, 0.25) is 5.02 Å². The Hall–Kier alpha value is -1.46. The predicted molar refractivity (Wildman–Crippen MR) is 80.4 cm³/mol. The molecule has 110 valence electrons. The van der Waals surface area contributed by atoms with E-state index in [1.54, 1.807) is 12.1 Å². The lowest BCUT2D eigenvalue weighted by Crippen LogP contribution is -2.43. The number of rotatable bonds is 4. The predicted octanol–water partition coefficient (Wildman–Crippen LogP) is 1.80. The second-order valence-electron chi connectivity index (χ2n) is 4.93. The monoisotopic (exact) mass is 297 g/mol. The average Bonchev–Trinajstić information content (AvgIpc) is 2.48. The van der Waals surface area contributed by atoms with Crippen molar-refractivity contribution in [3.8, 4) is 5.75 Å². The molecule has 6 heteroatoms. The Bertz CT molecular complexity index is 488. The SMILES string of the molecule is COc1cc(N)c(Cl)cc1C(=O)NCC1CCCCN1. The van der Waals surface area contributed by atoms with Crippen molar-refractivity contribution in [3.05, 3.63) is 22.7 Å². The Labute approximate surface area is 123 Å². The number of piperidine rings is 1. The van der Waals surface area contributed by atoms with Crippen LogP contribution in [-0.2, 0) is 0 Å². The minimum atomic E-state index is -0.198. The van der Waals surface area contributed by atoms with E-state index >= 15 is 0 Å². The highest BCUT2D eigenvalue weighted by atomic mass is 35.5. The van der Waals surface area contributed by atoms with E-state index in [4.69, 9.17) is 22.1 Å². The van der Waals surface area contributed by atoms with Gasteiger partial charge in [-0.05, 0) is 25.5 Å². The first-order valence-electron chi connectivity index (χ1n) is 6.76. The largest absolute Gasteiger partial charge is 0.496 e. The van der Waals surface area contributed by atoms with Crippen molar-refractivity contribution in [1.29, 1.82) is 0 Å². The summed E-state index contributed by atoms with van der Waals surface area (Å²) in [6, 6.07) is 3.44. The Morgan fingerprint density at radius 3 is 3.00 bits per heavy atom. The van der Waals surface area contributed by atoms with Gasteiger partial charge >= 0.3 is 0 Å². The number of nitrogen functional groups attached to an aromatic ring is 1. The van der Waals surface area contributed by atoms with Crippen molar-refractivity contribution in [1.82, 2.24) is 10.6 Å². The summed E-state index contributed by atoms with van der Waals surface area (Å²) < 4.78 is 5.18. The topological polar surface area (TPSA) is 76.4 Å². The van der Waals surface area contributed by atoms with Crippen molar-refractivity contribution < 1.29 is 9.53 Å². The molecule has 1 aromatic carbocycles. The number of carbonyl (C=O) groups is 1. The van der Waals surface area contributed by atoms with Crippen LogP contribution in [0.3, 0.4) is 0 Å². The highest BCUT2D eigenvalue weighted by Crippen LogP contribution is 2.28. The van der Waals surface area contributed by atoms with E-state index in [1.165, 1.54) is 20.0 Å². The molecule has 1 heterocycles. The number of nitrogens with two attached hydrogens (primary N) is 1. The van der Waals surface area contributed by atoms with E-state index in [0.29, 0.717) is 34.6 Å². The quantitative estimate of drug-likeness (QED) is 0.741. The van der Waals surface area contributed by atoms with Gasteiger partial charge in [0.05, 0.1) is 23.4 Å². The number of ether oxygens (including phenoxy) is 1. The second-order valence-corrected chi connectivity index (χ2v) is 5.34. The highest BCUT2D eigenvalue weighted by Gasteiger charge is 2.17. The zero-order chi connectivity index (χ0) is 14.5. The van der Waals surface area contributed by atoms with Gasteiger partial charge in [-0.2, -0.15) is 0 Å². The molecule has 1 aliphatic rings. The fourth-order valence-electron chi connectivity index (χ4n) is 2.32. The van der Waals surface area contributed by atoms with Gasteiger partial charge in [-0.15, -0.1) is 0 Å². The third-order valence-electron chi connectivity index (χ3n) is 3.48. The minimum Gasteiger partial charge on any atom is -0.496 e. The molecule has 0 saturated carbocycles. The van der Waals surface area contributed by atoms with Crippen molar-refractivity contribution in [2.24, 2.45) is 0 Å². The minimum absolute atomic E-state index is 0.198. The maximum atomic E-state index is 12.2. The van der Waals surface area contributed by atoms with Crippen molar-refractivity contribution in [2.45, 2.75) is 25.3 Å². The summed E-state index contributed by atoms with van der Waals surface area (Å²) in [6.45, 7) is 1.61. The van der Waals surface area contributed by atoms with Gasteiger partial charge in [-0.3, -0.25) is 4.79 Å². The van der Waals surface area contributed by atoms with Gasteiger partial charge in [0, 0.05) is 18.7 Å². The zero-order valence-corrected chi connectivity index (χ0v) is 12.3. The fourth-order valence-corrected chi connectivity index (χ4v) is 2.49. The smallest absolute Gasteiger partial charge is 0.255 e. The molecule has 1 aliphatic heterocycles. The molecule has 1 fully saturated rings. The summed E-state index contributed by atoms with van der Waals surface area (Å²) in [6.07, 6.45) is 3.48. The average molecular weight is 298 g/mol. The first-order valence-corrected chi connectivity index (χ1v) is 7.14. The molecule has 20 heavy (non-hydrogen) atoms. The van der Waals surface area contributed by atoms with Crippen LogP contribution in [0.5, 0.6) is 5.75 Å². The molecule has 2 rings (SSSR count). The van der Waals surface area contributed by atoms with Gasteiger partial charge in [-0.1, -0.05) is 18.0 Å². The highest BCUT2D eigenvalue weighted by molar-refractivity contribution is 6.33. The van der Waals surface area contributed by atoms with E-state index < -0.39 is 0 Å². The van der Waals surface area contributed by atoms with Crippen LogP contribution < -0.4 is 21.1 Å². The van der Waals surface area contributed by atoms with Crippen LogP contribution in [0.25, 0.3) is 0 Å². The molecule has 0 aromatic heterocycles. The molecule has 0 radical (unpaired) electrons. The molecular weight excluding hydrogens is 278 g/mol. The van der Waals surface area contributed by atoms with Gasteiger partial charge in [-0.25, -0.2) is 0 Å². The number of carbonyl (C=O) groups excluding carboxylic acids is 1. The number of anilines is 1. The standard InChI is InChI=1S/C14H20ClN3O2/c1-20-13-7-12(16)11(15)6-10(13)14(19)18-8-9-4-2-3-5-17-9/h6-7,9,17H,2-5,8,16H2,1H3,(H,18,19). The van der Waals surface area contributed by atoms with Crippen molar-refractivity contribution in [3.63, 3.8) is 0 Å². The van der Waals surface area contributed by atoms with Crippen LogP contribution >= 0.6 is 11.6 Å². The Morgan fingerprint density at radius 1 is 1.55 bits per heavy atom. The number of halogens is 1. The summed E-state index contributed by atoms with van der Waals surface area (Å²) in [5.41, 5.74) is 6.50. The lowest BCUT2D eigenvalue weighted by Gasteiger charge is -2.23. The third kappa shape index (κ3) is 3.55. The molecule has 1 unspecified atom stereocenters. The number of amides is 1. The van der Waals surface area contributed by atoms with E-state index in [-0.39, 0.29) is 5.91 Å². The van der Waals surface area contributed by atoms with E-state index in [0.717, 1.165) is 13.0 Å². The number of hydrogen-bond donors (Lipinski definition) is 3. The second kappa shape index (κ2) is 6.81. The maximum absolute atomic E-state index is 12.2. The first kappa shape index (κ1) is 14.9. The van der Waals surface area contributed by atoms with Crippen LogP contribution in [0.4, 0.5) is 5.69 Å². The molecule has 5 nitrogen and oxygen atoms in total. The number of hydrogen-bond acceptors (Lipinski definition) is 4. The van der Waals surface area contributed by atoms with Gasteiger partial charge < -0.3 is 21.1 Å². The van der Waals surface area contributed by atoms with E-state index in [9.17, 15) is 4.79 Å². The normalized spacial score (nSPS) is 18.6. The van der Waals surface area contributed by atoms with Gasteiger partial charge in [0.15, 0.2) is 0 Å². The van der Waals surface area contributed by atoms with Gasteiger partial charge in [0.25, 0.3) is 5.91 Å². The molecule has 1 aromatic rings. The fraction of sp³-hybridized carbons (Fsp3) is 0.500. The van der Waals surface area contributed by atoms with E-state index in [1.807, 2.05) is 0 Å². The van der Waals surface area contributed by atoms with Gasteiger partial charge in [0.2, 0.25) is 0 Å². The molecule has 1 saturated heterocycles. The third-order valence-corrected chi connectivity index (χ3v) is 3.81. The van der Waals surface area contributed by atoms with E-state index in [2.05, 4.69) is 10.6 Å². The molecular formula is C14H20ClN3O2. The number of methoxy groups -OCH3 is 1. The van der Waals surface area contributed by atoms with Crippen LogP contribution in [0.1, 0.15) is 29.6 Å². The van der Waals surface area contributed by atoms with Crippen molar-refractivity contribution in [2.75, 3.05) is 25.9 Å². The van der Waals surface area contributed by atoms with Crippen LogP contribution in [0.15, 0.2) is 12.1 Å². The first-order chi connectivity index (χ1) is 9.61. The van der Waals surface area contributed by atoms with Gasteiger partial charge in [0.1, 0.15) is 5.75 Å². The lowest BCUT2D eigenvalue weighted by molar-refractivity contribution is 0.0945. The summed E-state index contributed by atoms with van der Waals surface area (Å²) in [7, 11) is 1.50. The summed E-state index contributed by atoms with van der Waals surface area (Å²) in [5, 5.41) is 6.65. The van der Waals surface area contributed by atoms with Crippen LogP contribution in [-0.4, -0.2) is 32.1 Å². The maximum Gasteiger partial charge on any atom is 0.255 e. The Balaban J connectivity index is 2.02. The Morgan fingerprint density at radius 2 is 2.35 bits per heavy atom.